The highest BCUT2D eigenvalue weighted by atomic mass is 15.3. The Balaban J connectivity index is 1.78. The summed E-state index contributed by atoms with van der Waals surface area (Å²) in [6.45, 7) is 0. The van der Waals surface area contributed by atoms with Gasteiger partial charge in [0, 0.05) is 0 Å². The molecule has 4 heteroatoms. The molecule has 0 aliphatic rings. The van der Waals surface area contributed by atoms with Crippen LogP contribution in [-0.4, -0.2) is 15.4 Å². The number of H-pyrrole nitrogens is 1. The molecule has 0 saturated carbocycles. The highest BCUT2D eigenvalue weighted by Gasteiger charge is 1.98. The van der Waals surface area contributed by atoms with Crippen molar-refractivity contribution in [3.63, 3.8) is 0 Å². The van der Waals surface area contributed by atoms with Crippen molar-refractivity contribution in [2.45, 2.75) is 0 Å². The van der Waals surface area contributed by atoms with Gasteiger partial charge in [0.25, 0.3) is 0 Å². The van der Waals surface area contributed by atoms with Gasteiger partial charge in [0.2, 0.25) is 0 Å². The highest BCUT2D eigenvalue weighted by Crippen LogP contribution is 2.20. The number of nitriles is 1. The van der Waals surface area contributed by atoms with E-state index in [1.54, 1.807) is 6.20 Å². The van der Waals surface area contributed by atoms with E-state index in [1.165, 1.54) is 0 Å². The smallest absolute Gasteiger partial charge is 0.105 e. The van der Waals surface area contributed by atoms with Crippen LogP contribution in [0.1, 0.15) is 16.8 Å². The van der Waals surface area contributed by atoms with Crippen LogP contribution in [0.25, 0.3) is 23.3 Å². The van der Waals surface area contributed by atoms with Gasteiger partial charge in [-0.3, -0.25) is 0 Å². The van der Waals surface area contributed by atoms with E-state index in [0.29, 0.717) is 5.56 Å². The molecule has 2 aromatic carbocycles. The van der Waals surface area contributed by atoms with Crippen LogP contribution in [-0.2, 0) is 0 Å². The van der Waals surface area contributed by atoms with E-state index in [0.717, 1.165) is 22.4 Å². The number of benzene rings is 2. The van der Waals surface area contributed by atoms with E-state index in [2.05, 4.69) is 33.6 Å². The molecule has 0 bridgehead atoms. The maximum atomic E-state index is 8.80. The Labute approximate surface area is 122 Å². The third-order valence-electron chi connectivity index (χ3n) is 3.14. The normalized spacial score (nSPS) is 10.6. The summed E-state index contributed by atoms with van der Waals surface area (Å²) in [5, 5.41) is 19.1. The molecule has 3 aromatic rings. The monoisotopic (exact) mass is 272 g/mol. The maximum absolute atomic E-state index is 8.80. The Bertz CT molecular complexity index is 776. The van der Waals surface area contributed by atoms with Crippen LogP contribution in [0, 0.1) is 11.3 Å². The first-order valence-electron chi connectivity index (χ1n) is 6.49. The minimum atomic E-state index is 0.672. The van der Waals surface area contributed by atoms with Gasteiger partial charge in [-0.25, -0.2) is 0 Å². The predicted octanol–water partition coefficient (Wildman–Crippen LogP) is 3.51. The Kier molecular flexibility index (Phi) is 3.57. The van der Waals surface area contributed by atoms with Crippen molar-refractivity contribution in [2.75, 3.05) is 0 Å². The van der Waals surface area contributed by atoms with Crippen molar-refractivity contribution < 1.29 is 0 Å². The predicted molar refractivity (Wildman–Crippen MR) is 81.9 cm³/mol. The minimum Gasteiger partial charge on any atom is -0.197 e. The second-order valence-electron chi connectivity index (χ2n) is 4.54. The molecule has 1 heterocycles. The summed E-state index contributed by atoms with van der Waals surface area (Å²) in [6, 6.07) is 17.9. The van der Waals surface area contributed by atoms with Crippen molar-refractivity contribution >= 4 is 12.2 Å². The van der Waals surface area contributed by atoms with E-state index >= 15 is 0 Å². The molecule has 1 N–H and O–H groups in total. The molecule has 0 amide bonds. The van der Waals surface area contributed by atoms with Crippen LogP contribution in [0.3, 0.4) is 0 Å². The van der Waals surface area contributed by atoms with Crippen molar-refractivity contribution in [3.05, 3.63) is 71.5 Å². The van der Waals surface area contributed by atoms with Crippen molar-refractivity contribution in [3.8, 4) is 17.2 Å². The molecular formula is C17H12N4. The molecule has 1 aromatic heterocycles. The van der Waals surface area contributed by atoms with Gasteiger partial charge in [-0.1, -0.05) is 42.5 Å². The van der Waals surface area contributed by atoms with E-state index in [4.69, 9.17) is 5.26 Å². The van der Waals surface area contributed by atoms with E-state index in [9.17, 15) is 0 Å². The molecule has 0 spiro atoms. The zero-order chi connectivity index (χ0) is 14.5. The Morgan fingerprint density at radius 2 is 1.57 bits per heavy atom. The van der Waals surface area contributed by atoms with Crippen molar-refractivity contribution in [2.24, 2.45) is 0 Å². The number of rotatable bonds is 3. The summed E-state index contributed by atoms with van der Waals surface area (Å²) in [5.74, 6) is 0. The largest absolute Gasteiger partial charge is 0.197 e. The van der Waals surface area contributed by atoms with Gasteiger partial charge in [0.1, 0.15) is 5.69 Å². The lowest BCUT2D eigenvalue weighted by Gasteiger charge is -2.02. The lowest BCUT2D eigenvalue weighted by Crippen LogP contribution is -1.80. The first kappa shape index (κ1) is 12.8. The SMILES string of the molecule is N#Cc1ccc(-c2ccc(C=Cc3cn[nH]n3)cc2)cc1. The van der Waals surface area contributed by atoms with Gasteiger partial charge in [-0.2, -0.15) is 20.7 Å². The van der Waals surface area contributed by atoms with Crippen LogP contribution in [0.5, 0.6) is 0 Å². The summed E-state index contributed by atoms with van der Waals surface area (Å²) in [6.07, 6.45) is 5.56. The summed E-state index contributed by atoms with van der Waals surface area (Å²) in [5.41, 5.74) is 4.78. The molecule has 3 rings (SSSR count). The fraction of sp³-hybridized carbons (Fsp3) is 0. The minimum absolute atomic E-state index is 0.672. The number of aromatic nitrogens is 3. The Morgan fingerprint density at radius 3 is 2.14 bits per heavy atom. The zero-order valence-electron chi connectivity index (χ0n) is 11.2. The third kappa shape index (κ3) is 3.04. The van der Waals surface area contributed by atoms with Gasteiger partial charge in [0.15, 0.2) is 0 Å². The van der Waals surface area contributed by atoms with Crippen LogP contribution in [0.15, 0.2) is 54.7 Å². The summed E-state index contributed by atoms with van der Waals surface area (Å²) in [4.78, 5) is 0. The number of nitrogens with zero attached hydrogens (tertiary/aromatic N) is 3. The Morgan fingerprint density at radius 1 is 0.905 bits per heavy atom. The first-order chi connectivity index (χ1) is 10.3. The van der Waals surface area contributed by atoms with E-state index in [1.807, 2.05) is 48.6 Å². The quantitative estimate of drug-likeness (QED) is 0.793. The molecular weight excluding hydrogens is 260 g/mol. The number of hydrogen-bond donors (Lipinski definition) is 1. The second-order valence-corrected chi connectivity index (χ2v) is 4.54. The molecule has 0 aliphatic carbocycles. The number of nitrogens with one attached hydrogen (secondary N) is 1. The topological polar surface area (TPSA) is 65.4 Å². The highest BCUT2D eigenvalue weighted by molar-refractivity contribution is 5.71. The van der Waals surface area contributed by atoms with Crippen LogP contribution < -0.4 is 0 Å². The summed E-state index contributed by atoms with van der Waals surface area (Å²) >= 11 is 0. The van der Waals surface area contributed by atoms with E-state index < -0.39 is 0 Å². The first-order valence-corrected chi connectivity index (χ1v) is 6.49. The van der Waals surface area contributed by atoms with Gasteiger partial charge < -0.3 is 0 Å². The van der Waals surface area contributed by atoms with Gasteiger partial charge in [0.05, 0.1) is 17.8 Å². The second kappa shape index (κ2) is 5.85. The molecule has 0 saturated heterocycles. The van der Waals surface area contributed by atoms with E-state index in [-0.39, 0.29) is 0 Å². The third-order valence-corrected chi connectivity index (χ3v) is 3.14. The average molecular weight is 272 g/mol. The van der Waals surface area contributed by atoms with Gasteiger partial charge in [-0.15, -0.1) is 0 Å². The fourth-order valence-corrected chi connectivity index (χ4v) is 2.00. The van der Waals surface area contributed by atoms with Gasteiger partial charge in [-0.05, 0) is 34.9 Å². The average Bonchev–Trinajstić information content (AvgIpc) is 3.07. The molecule has 0 aliphatic heterocycles. The molecule has 0 atom stereocenters. The van der Waals surface area contributed by atoms with Crippen LogP contribution in [0.4, 0.5) is 0 Å². The zero-order valence-corrected chi connectivity index (χ0v) is 11.2. The molecule has 21 heavy (non-hydrogen) atoms. The van der Waals surface area contributed by atoms with Crippen molar-refractivity contribution in [1.82, 2.24) is 15.4 Å². The van der Waals surface area contributed by atoms with Gasteiger partial charge >= 0.3 is 0 Å². The standard InChI is InChI=1S/C17H12N4/c18-11-14-3-8-16(9-4-14)15-6-1-13(2-7-15)5-10-17-12-19-21-20-17/h1-10,12H,(H,19,20,21). The maximum Gasteiger partial charge on any atom is 0.105 e. The molecule has 0 radical (unpaired) electrons. The van der Waals surface area contributed by atoms with Crippen molar-refractivity contribution in [1.29, 1.82) is 5.26 Å². The molecule has 0 fully saturated rings. The Hall–Kier alpha value is -3.19. The number of hydrogen-bond acceptors (Lipinski definition) is 3. The fourth-order valence-electron chi connectivity index (χ4n) is 2.00. The lowest BCUT2D eigenvalue weighted by molar-refractivity contribution is 0.937. The summed E-state index contributed by atoms with van der Waals surface area (Å²) < 4.78 is 0. The number of aromatic amines is 1. The van der Waals surface area contributed by atoms with Crippen LogP contribution >= 0.6 is 0 Å². The molecule has 0 unspecified atom stereocenters. The molecule has 100 valence electrons. The summed E-state index contributed by atoms with van der Waals surface area (Å²) in [7, 11) is 0. The molecule has 4 nitrogen and oxygen atoms in total. The lowest BCUT2D eigenvalue weighted by atomic mass is 10.0. The van der Waals surface area contributed by atoms with Crippen LogP contribution in [0.2, 0.25) is 0 Å².